The van der Waals surface area contributed by atoms with E-state index < -0.39 is 161 Å². The summed E-state index contributed by atoms with van der Waals surface area (Å²) in [5.41, 5.74) is 16.7. The first-order valence-corrected chi connectivity index (χ1v) is 27.1. The second-order valence-electron chi connectivity index (χ2n) is 17.5. The van der Waals surface area contributed by atoms with E-state index in [1.165, 1.54) is 42.1 Å². The molecule has 2 aromatic rings. The van der Waals surface area contributed by atoms with Gasteiger partial charge < -0.3 is 84.5 Å². The molecule has 8 amide bonds. The summed E-state index contributed by atoms with van der Waals surface area (Å²) >= 11 is 1.38. The number of hydrogen-bond donors (Lipinski definition) is 15. The number of carbonyl (C=O) groups excluding carboxylic acids is 8. The normalized spacial score (nSPS) is 19.4. The third kappa shape index (κ3) is 22.1. The van der Waals surface area contributed by atoms with Crippen LogP contribution in [0, 0.1) is 0 Å². The van der Waals surface area contributed by atoms with Crippen LogP contribution in [0.25, 0.3) is 11.2 Å². The number of ether oxygens (including phenoxy) is 1. The Balaban J connectivity index is 1.49. The quantitative estimate of drug-likeness (QED) is 0.00990. The van der Waals surface area contributed by atoms with E-state index in [2.05, 4.69) is 62.2 Å². The Kier molecular flexibility index (Phi) is 28.0. The van der Waals surface area contributed by atoms with Gasteiger partial charge in [-0.05, 0) is 51.5 Å². The van der Waals surface area contributed by atoms with Crippen molar-refractivity contribution < 1.29 is 91.7 Å². The fourth-order valence-corrected chi connectivity index (χ4v) is 8.40. The molecule has 0 aliphatic carbocycles. The fourth-order valence-electron chi connectivity index (χ4n) is 7.17. The van der Waals surface area contributed by atoms with Gasteiger partial charge in [-0.1, -0.05) is 6.40 Å². The van der Waals surface area contributed by atoms with Crippen molar-refractivity contribution >= 4 is 96.3 Å². The number of nitrogens with one attached hydrogen (secondary N) is 7. The number of aromatic nitrogens is 4. The molecule has 0 bridgehead atoms. The number of phosphoric ester groups is 1. The van der Waals surface area contributed by atoms with Crippen molar-refractivity contribution in [3.8, 4) is 0 Å². The molecule has 38 heteroatoms. The first-order valence-electron chi connectivity index (χ1n) is 24.2. The first-order chi connectivity index (χ1) is 37.8. The number of nitrogens with zero attached hydrogens (tertiary/aromatic N) is 6. The lowest BCUT2D eigenvalue weighted by Gasteiger charge is -2.26. The average Bonchev–Trinajstić information content (AvgIpc) is 3.95. The van der Waals surface area contributed by atoms with Crippen molar-refractivity contribution in [3.63, 3.8) is 0 Å². The lowest BCUT2D eigenvalue weighted by molar-refractivity contribution is -0.201. The van der Waals surface area contributed by atoms with Crippen molar-refractivity contribution in [1.82, 2.24) is 56.7 Å². The van der Waals surface area contributed by atoms with Crippen LogP contribution in [0.3, 0.4) is 0 Å². The van der Waals surface area contributed by atoms with Crippen molar-refractivity contribution in [2.24, 2.45) is 33.1 Å². The smallest absolute Gasteiger partial charge is 0.472 e. The molecule has 1 unspecified atom stereocenters. The maximum atomic E-state index is 13.6. The minimum atomic E-state index is -4.78. The summed E-state index contributed by atoms with van der Waals surface area (Å²) in [6, 6.07) is -9.34. The number of aliphatic imine (C=N–C) groups is 2. The summed E-state index contributed by atoms with van der Waals surface area (Å²) in [7, 11) is -4.78. The van der Waals surface area contributed by atoms with Crippen molar-refractivity contribution in [2.75, 3.05) is 44.9 Å². The molecule has 0 aromatic carbocycles. The molecule has 1 fully saturated rings. The molecular weight excluding hydrogens is 1110 g/mol. The zero-order valence-corrected chi connectivity index (χ0v) is 45.1. The second-order valence-corrected chi connectivity index (χ2v) is 19.9. The van der Waals surface area contributed by atoms with Crippen LogP contribution in [0.2, 0.25) is 0 Å². The molecule has 0 saturated carbocycles. The Morgan fingerprint density at radius 2 is 1.57 bits per heavy atom. The van der Waals surface area contributed by atoms with Crippen LogP contribution in [0.4, 0.5) is 0 Å². The number of fused-ring (bicyclic) bond motifs is 1. The van der Waals surface area contributed by atoms with Crippen molar-refractivity contribution in [2.45, 2.75) is 119 Å². The Labute approximate surface area is 459 Å². The average molecular weight is 1180 g/mol. The lowest BCUT2D eigenvalue weighted by Crippen LogP contribution is -2.59. The van der Waals surface area contributed by atoms with E-state index in [0.29, 0.717) is 11.3 Å². The van der Waals surface area contributed by atoms with Gasteiger partial charge in [0, 0.05) is 13.1 Å². The molecule has 1 aliphatic heterocycles. The van der Waals surface area contributed by atoms with E-state index in [-0.39, 0.29) is 56.8 Å². The topological polar surface area (TPSA) is 568 Å². The number of carboxylic acid groups (broad SMARTS) is 1. The zero-order chi connectivity index (χ0) is 59.7. The Bertz CT molecular complexity index is 2560. The number of guanidine groups is 1. The highest BCUT2D eigenvalue weighted by atomic mass is 32.2. The number of primary amides is 1. The van der Waals surface area contributed by atoms with Crippen LogP contribution >= 0.6 is 19.6 Å². The molecule has 3 rings (SSSR count). The van der Waals surface area contributed by atoms with Gasteiger partial charge in [-0.3, -0.25) is 66.8 Å². The number of rotatable bonds is 36. The summed E-state index contributed by atoms with van der Waals surface area (Å²) in [5.74, 6) is -4.34. The van der Waals surface area contributed by atoms with Gasteiger partial charge in [0.1, 0.15) is 72.5 Å². The third-order valence-corrected chi connectivity index (χ3v) is 13.0. The zero-order valence-electron chi connectivity index (χ0n) is 43.4. The monoisotopic (exact) mass is 1180 g/mol. The van der Waals surface area contributed by atoms with Gasteiger partial charge in [-0.25, -0.2) is 30.2 Å². The predicted octanol–water partition coefficient (Wildman–Crippen LogP) is -8.16. The molecule has 19 N–H and O–H groups in total. The highest BCUT2D eigenvalue weighted by Crippen LogP contribution is 2.44. The van der Waals surface area contributed by atoms with Crippen LogP contribution in [0.1, 0.15) is 58.6 Å². The number of thioether (sulfide) groups is 1. The molecule has 0 spiro atoms. The highest BCUT2D eigenvalue weighted by molar-refractivity contribution is 7.98. The Morgan fingerprint density at radius 3 is 2.23 bits per heavy atom. The molecule has 36 nitrogen and oxygen atoms in total. The van der Waals surface area contributed by atoms with Gasteiger partial charge in [0.15, 0.2) is 17.8 Å². The molecule has 0 radical (unpaired) electrons. The summed E-state index contributed by atoms with van der Waals surface area (Å²) in [6.07, 6.45) is -2.43. The van der Waals surface area contributed by atoms with E-state index in [1.54, 1.807) is 6.26 Å². The number of hydrogen-bond acceptors (Lipinski definition) is 24. The summed E-state index contributed by atoms with van der Waals surface area (Å²) < 4.78 is 29.4. The van der Waals surface area contributed by atoms with E-state index in [4.69, 9.17) is 41.7 Å². The number of amides is 8. The molecule has 80 heavy (non-hydrogen) atoms. The van der Waals surface area contributed by atoms with Gasteiger partial charge >= 0.3 is 13.8 Å². The number of imidazole rings is 1. The SMILES string of the molecule is CSCC[C@H](N=C[O-])C(=O)N[C@@H](CCCN=C(N)N)C(=O)N[C@H](C(=O)NCC(=O)N[C@@H](CC(N)=O)C(=O)N[C@@H](C)C(=O)N[C@@H](CC(=O)NCCCOP(=O)(O)OC[C@H]1O[C@@H](n2cnc3ncncc32)[C@H](O)[C@@H]1O)C(=O)O)[C@@H](C)ON. The van der Waals surface area contributed by atoms with Gasteiger partial charge in [-0.2, -0.15) is 11.8 Å². The van der Waals surface area contributed by atoms with Gasteiger partial charge in [0.05, 0.1) is 45.1 Å². The Hall–Kier alpha value is -7.22. The van der Waals surface area contributed by atoms with E-state index in [0.717, 1.165) is 6.92 Å². The summed E-state index contributed by atoms with van der Waals surface area (Å²) in [6.45, 7) is 0.114. The number of carbonyl (C=O) groups is 9. The van der Waals surface area contributed by atoms with Crippen LogP contribution in [0.5, 0.6) is 0 Å². The fraction of sp³-hybridized carbons (Fsp3) is 0.619. The number of phosphoric acid groups is 1. The molecule has 1 aliphatic rings. The Morgan fingerprint density at radius 1 is 0.875 bits per heavy atom. The van der Waals surface area contributed by atoms with E-state index in [1.807, 2.05) is 0 Å². The molecule has 12 atom stereocenters. The van der Waals surface area contributed by atoms with Crippen molar-refractivity contribution in [1.29, 1.82) is 0 Å². The standard InChI is InChI=1S/C42H68N17O19PS/c1-20(35(66)57-25(41(71)72)13-29(62)48-9-5-10-75-79(73,74)76-16-27-32(64)33(65)40(77-27)59-18-52-34-26(59)14-47-17-51-34)54-38(69)24(12-28(43)61)55-30(63)15-50-39(70)31(21(2)78-46)58-37(68)23(6-4-8-49-42(44)45)56-36(67)22(53-19-60)7-11-80-3/h14,17-25,27,31-33,40,64-65H,4-13,15-16,46H2,1-3H3,(H2,43,61)(H,48,62)(H,50,70)(H,53,60)(H,54,69)(H,55,63)(H,56,67)(H,57,66)(H,58,68)(H,71,72)(H,73,74)(H4,44,45,49)/p-1/t20-,21+,22-,23-,24-,25-,27+,31-,32+,33+,40+/m0/s1. The third-order valence-electron chi connectivity index (χ3n) is 11.4. The van der Waals surface area contributed by atoms with Gasteiger partial charge in [-0.15, -0.1) is 0 Å². The molecule has 446 valence electrons. The molecule has 3 heterocycles. The number of carboxylic acids is 1. The maximum Gasteiger partial charge on any atom is 0.472 e. The van der Waals surface area contributed by atoms with Gasteiger partial charge in [0.25, 0.3) is 0 Å². The van der Waals surface area contributed by atoms with Gasteiger partial charge in [0.2, 0.25) is 47.3 Å². The number of aliphatic carboxylic acids is 1. The second kappa shape index (κ2) is 33.4. The largest absolute Gasteiger partial charge is 0.864 e. The number of aliphatic hydroxyl groups excluding tert-OH is 2. The van der Waals surface area contributed by atoms with Crippen LogP contribution < -0.4 is 65.4 Å². The number of aliphatic hydroxyl groups is 2. The molecule has 1 saturated heterocycles. The minimum Gasteiger partial charge on any atom is -0.864 e. The van der Waals surface area contributed by atoms with E-state index in [9.17, 15) is 73.0 Å². The van der Waals surface area contributed by atoms with Crippen molar-refractivity contribution in [3.05, 3.63) is 18.9 Å². The predicted molar refractivity (Wildman–Crippen MR) is 275 cm³/mol. The summed E-state index contributed by atoms with van der Waals surface area (Å²) in [5, 5.41) is 57.8. The van der Waals surface area contributed by atoms with Crippen LogP contribution in [0.15, 0.2) is 28.8 Å². The molecule has 2 aromatic heterocycles. The van der Waals surface area contributed by atoms with Crippen LogP contribution in [-0.2, 0) is 66.3 Å². The molecular formula is C42H67N17O19PS-. The van der Waals surface area contributed by atoms with Crippen LogP contribution in [-0.4, -0.2) is 211 Å². The lowest BCUT2D eigenvalue weighted by atomic mass is 10.1. The van der Waals surface area contributed by atoms with E-state index >= 15 is 0 Å². The minimum absolute atomic E-state index is 0.0408. The first kappa shape index (κ1) is 67.1. The summed E-state index contributed by atoms with van der Waals surface area (Å²) in [4.78, 5) is 150. The number of nitrogens with two attached hydrogens (primary N) is 4. The highest BCUT2D eigenvalue weighted by Gasteiger charge is 2.45. The maximum absolute atomic E-state index is 13.6.